The van der Waals surface area contributed by atoms with Crippen LogP contribution in [0.2, 0.25) is 0 Å². The first kappa shape index (κ1) is 21.9. The highest BCUT2D eigenvalue weighted by Crippen LogP contribution is 2.24. The Morgan fingerprint density at radius 3 is 2.58 bits per heavy atom. The number of amides is 1. The normalized spacial score (nSPS) is 20.5. The third-order valence-electron chi connectivity index (χ3n) is 6.74. The number of likely N-dealkylation sites (tertiary alicyclic amines) is 1. The highest BCUT2D eigenvalue weighted by atomic mass is 16.2. The van der Waals surface area contributed by atoms with Gasteiger partial charge in [0, 0.05) is 58.0 Å². The number of piperazine rings is 1. The van der Waals surface area contributed by atoms with E-state index in [0.717, 1.165) is 63.5 Å². The van der Waals surface area contributed by atoms with Crippen LogP contribution in [-0.4, -0.2) is 70.8 Å². The molecule has 2 fully saturated rings. The Bertz CT molecular complexity index is 897. The molecular formula is C25H37N5O. The van der Waals surface area contributed by atoms with Gasteiger partial charge in [-0.1, -0.05) is 32.0 Å². The zero-order valence-corrected chi connectivity index (χ0v) is 19.5. The Balaban J connectivity index is 1.36. The minimum absolute atomic E-state index is 0.133. The van der Waals surface area contributed by atoms with E-state index in [2.05, 4.69) is 64.8 Å². The summed E-state index contributed by atoms with van der Waals surface area (Å²) >= 11 is 0. The second-order valence-corrected chi connectivity index (χ2v) is 9.60. The number of nitrogens with zero attached hydrogens (tertiary/aromatic N) is 5. The van der Waals surface area contributed by atoms with Crippen LogP contribution in [0.25, 0.3) is 0 Å². The highest BCUT2D eigenvalue weighted by molar-refractivity contribution is 5.92. The van der Waals surface area contributed by atoms with Crippen molar-refractivity contribution in [3.05, 3.63) is 47.3 Å². The smallest absolute Gasteiger partial charge is 0.272 e. The molecule has 1 aromatic heterocycles. The van der Waals surface area contributed by atoms with Gasteiger partial charge in [0.15, 0.2) is 0 Å². The number of hydrogen-bond donors (Lipinski definition) is 0. The number of hydrogen-bond acceptors (Lipinski definition) is 4. The van der Waals surface area contributed by atoms with Crippen molar-refractivity contribution in [1.29, 1.82) is 0 Å². The average molecular weight is 424 g/mol. The summed E-state index contributed by atoms with van der Waals surface area (Å²) in [5.41, 5.74) is 4.44. The fourth-order valence-electron chi connectivity index (χ4n) is 5.09. The van der Waals surface area contributed by atoms with E-state index in [-0.39, 0.29) is 5.91 Å². The maximum atomic E-state index is 13.3. The second kappa shape index (κ2) is 9.43. The fraction of sp³-hybridized carbons (Fsp3) is 0.600. The lowest BCUT2D eigenvalue weighted by atomic mass is 10.0. The van der Waals surface area contributed by atoms with E-state index in [9.17, 15) is 4.79 Å². The summed E-state index contributed by atoms with van der Waals surface area (Å²) in [6, 6.07) is 11.1. The Morgan fingerprint density at radius 1 is 1.13 bits per heavy atom. The molecule has 2 aliphatic rings. The van der Waals surface area contributed by atoms with Crippen LogP contribution in [-0.2, 0) is 13.5 Å². The van der Waals surface area contributed by atoms with E-state index < -0.39 is 0 Å². The molecule has 6 nitrogen and oxygen atoms in total. The van der Waals surface area contributed by atoms with Crippen LogP contribution in [0.3, 0.4) is 0 Å². The minimum atomic E-state index is 0.133. The third-order valence-corrected chi connectivity index (χ3v) is 6.74. The van der Waals surface area contributed by atoms with Gasteiger partial charge in [-0.25, -0.2) is 0 Å². The van der Waals surface area contributed by atoms with Crippen LogP contribution in [0.5, 0.6) is 0 Å². The summed E-state index contributed by atoms with van der Waals surface area (Å²) in [5.74, 6) is 0.670. The van der Waals surface area contributed by atoms with Crippen molar-refractivity contribution in [2.75, 3.05) is 44.2 Å². The van der Waals surface area contributed by atoms with Gasteiger partial charge in [0.05, 0.1) is 5.69 Å². The Morgan fingerprint density at radius 2 is 1.87 bits per heavy atom. The molecule has 0 spiro atoms. The van der Waals surface area contributed by atoms with E-state index in [4.69, 9.17) is 0 Å². The first-order valence-electron chi connectivity index (χ1n) is 11.8. The first-order valence-corrected chi connectivity index (χ1v) is 11.8. The summed E-state index contributed by atoms with van der Waals surface area (Å²) in [6.45, 7) is 12.5. The zero-order chi connectivity index (χ0) is 22.0. The molecule has 2 aromatic rings. The quantitative estimate of drug-likeness (QED) is 0.740. The summed E-state index contributed by atoms with van der Waals surface area (Å²) in [6.07, 6.45) is 3.16. The predicted octanol–water partition coefficient (Wildman–Crippen LogP) is 3.35. The van der Waals surface area contributed by atoms with Gasteiger partial charge < -0.3 is 9.80 Å². The maximum Gasteiger partial charge on any atom is 0.272 e. The number of piperidine rings is 1. The van der Waals surface area contributed by atoms with Crippen molar-refractivity contribution in [1.82, 2.24) is 19.6 Å². The fourth-order valence-corrected chi connectivity index (χ4v) is 5.09. The molecule has 1 amide bonds. The molecule has 1 aromatic carbocycles. The van der Waals surface area contributed by atoms with Crippen molar-refractivity contribution < 1.29 is 4.79 Å². The minimum Gasteiger partial charge on any atom is -0.369 e. The van der Waals surface area contributed by atoms with Crippen molar-refractivity contribution in [3.8, 4) is 0 Å². The predicted molar refractivity (Wildman–Crippen MR) is 126 cm³/mol. The average Bonchev–Trinajstić information content (AvgIpc) is 3.13. The van der Waals surface area contributed by atoms with E-state index in [1.54, 1.807) is 4.68 Å². The van der Waals surface area contributed by atoms with E-state index in [1.165, 1.54) is 17.7 Å². The number of aryl methyl sites for hydroxylation is 2. The molecule has 0 radical (unpaired) electrons. The lowest BCUT2D eigenvalue weighted by molar-refractivity contribution is 0.0553. The SMILES string of the molecule is Cc1ccccc1N1CCN([C@@H]2CCCN(C(=O)c3cc(CC(C)C)nn3C)C2)CC1. The van der Waals surface area contributed by atoms with Crippen LogP contribution >= 0.6 is 0 Å². The number of para-hydroxylation sites is 1. The van der Waals surface area contributed by atoms with Gasteiger partial charge in [-0.05, 0) is 49.8 Å². The van der Waals surface area contributed by atoms with Gasteiger partial charge in [-0.2, -0.15) is 5.10 Å². The zero-order valence-electron chi connectivity index (χ0n) is 19.5. The number of anilines is 1. The number of rotatable bonds is 5. The summed E-state index contributed by atoms with van der Waals surface area (Å²) in [4.78, 5) is 20.4. The largest absolute Gasteiger partial charge is 0.369 e. The molecule has 2 aliphatic heterocycles. The third kappa shape index (κ3) is 4.95. The van der Waals surface area contributed by atoms with Gasteiger partial charge >= 0.3 is 0 Å². The second-order valence-electron chi connectivity index (χ2n) is 9.60. The van der Waals surface area contributed by atoms with Gasteiger partial charge in [-0.15, -0.1) is 0 Å². The number of benzene rings is 1. The molecular weight excluding hydrogens is 386 g/mol. The van der Waals surface area contributed by atoms with Crippen LogP contribution in [0.4, 0.5) is 5.69 Å². The maximum absolute atomic E-state index is 13.3. The van der Waals surface area contributed by atoms with Gasteiger partial charge in [0.25, 0.3) is 5.91 Å². The Labute approximate surface area is 186 Å². The summed E-state index contributed by atoms with van der Waals surface area (Å²) < 4.78 is 1.77. The van der Waals surface area contributed by atoms with Crippen molar-refractivity contribution in [3.63, 3.8) is 0 Å². The van der Waals surface area contributed by atoms with Gasteiger partial charge in [-0.3, -0.25) is 14.4 Å². The summed E-state index contributed by atoms with van der Waals surface area (Å²) in [7, 11) is 1.89. The first-order chi connectivity index (χ1) is 14.9. The molecule has 6 heteroatoms. The Hall–Kier alpha value is -2.34. The topological polar surface area (TPSA) is 44.6 Å². The molecule has 2 saturated heterocycles. The van der Waals surface area contributed by atoms with Crippen molar-refractivity contribution in [2.24, 2.45) is 13.0 Å². The van der Waals surface area contributed by atoms with Crippen LogP contribution in [0.1, 0.15) is 48.4 Å². The number of carbonyl (C=O) groups excluding carboxylic acids is 1. The molecule has 1 atom stereocenters. The van der Waals surface area contributed by atoms with Gasteiger partial charge in [0.1, 0.15) is 5.69 Å². The van der Waals surface area contributed by atoms with Crippen molar-refractivity contribution in [2.45, 2.75) is 46.1 Å². The molecule has 0 saturated carbocycles. The standard InChI is InChI=1S/C25H37N5O/c1-19(2)16-21-17-24(27(4)26-21)25(31)30-11-7-9-22(18-30)28-12-14-29(15-13-28)23-10-6-5-8-20(23)3/h5-6,8,10,17,19,22H,7,9,11-16,18H2,1-4H3/t22-/m1/s1. The molecule has 0 unspecified atom stereocenters. The van der Waals surface area contributed by atoms with Crippen LogP contribution < -0.4 is 4.90 Å². The van der Waals surface area contributed by atoms with Crippen LogP contribution in [0.15, 0.2) is 30.3 Å². The lowest BCUT2D eigenvalue weighted by Gasteiger charge is -2.44. The molecule has 4 rings (SSSR count). The molecule has 0 aliphatic carbocycles. The molecule has 3 heterocycles. The highest BCUT2D eigenvalue weighted by Gasteiger charge is 2.31. The monoisotopic (exact) mass is 423 g/mol. The van der Waals surface area contributed by atoms with E-state index in [1.807, 2.05) is 13.1 Å². The van der Waals surface area contributed by atoms with Gasteiger partial charge in [0.2, 0.25) is 0 Å². The molecule has 168 valence electrons. The van der Waals surface area contributed by atoms with E-state index in [0.29, 0.717) is 12.0 Å². The number of aromatic nitrogens is 2. The Kier molecular flexibility index (Phi) is 6.65. The summed E-state index contributed by atoms with van der Waals surface area (Å²) in [5, 5.41) is 4.57. The molecule has 31 heavy (non-hydrogen) atoms. The van der Waals surface area contributed by atoms with E-state index >= 15 is 0 Å². The lowest BCUT2D eigenvalue weighted by Crippen LogP contribution is -2.56. The number of carbonyl (C=O) groups is 1. The van der Waals surface area contributed by atoms with Crippen LogP contribution in [0, 0.1) is 12.8 Å². The molecule has 0 N–H and O–H groups in total. The molecule has 0 bridgehead atoms. The van der Waals surface area contributed by atoms with Crippen molar-refractivity contribution >= 4 is 11.6 Å².